The summed E-state index contributed by atoms with van der Waals surface area (Å²) in [4.78, 5) is 14.1. The van der Waals surface area contributed by atoms with Crippen LogP contribution in [0.5, 0.6) is 0 Å². The molecule has 1 aliphatic rings. The zero-order chi connectivity index (χ0) is 11.4. The molecule has 1 fully saturated rings. The van der Waals surface area contributed by atoms with E-state index in [1.165, 1.54) is 11.3 Å². The van der Waals surface area contributed by atoms with Crippen LogP contribution >= 0.6 is 22.9 Å². The second-order valence-corrected chi connectivity index (χ2v) is 4.98. The van der Waals surface area contributed by atoms with Crippen LogP contribution in [0.25, 0.3) is 0 Å². The maximum Gasteiger partial charge on any atom is 0.247 e. The molecule has 0 aliphatic carbocycles. The second-order valence-electron chi connectivity index (χ2n) is 3.27. The predicted molar refractivity (Wildman–Crippen MR) is 63.8 cm³/mol. The lowest BCUT2D eigenvalue weighted by Gasteiger charge is -2.22. The van der Waals surface area contributed by atoms with E-state index in [2.05, 4.69) is 12.0 Å². The molecule has 0 radical (unpaired) electrons. The number of halogens is 1. The third-order valence-corrected chi connectivity index (χ3v) is 3.37. The Morgan fingerprint density at radius 3 is 2.81 bits per heavy atom. The summed E-state index contributed by atoms with van der Waals surface area (Å²) in [5.74, 6) is 2.44. The van der Waals surface area contributed by atoms with Gasteiger partial charge in [0.05, 0.1) is 22.4 Å². The van der Waals surface area contributed by atoms with Gasteiger partial charge in [0, 0.05) is 25.1 Å². The maximum atomic E-state index is 11.6. The zero-order valence-corrected chi connectivity index (χ0v) is 10.1. The fourth-order valence-corrected chi connectivity index (χ4v) is 2.24. The highest BCUT2D eigenvalue weighted by Gasteiger charge is 2.08. The molecular formula is C11H10ClNO2S. The molecule has 0 saturated carbocycles. The van der Waals surface area contributed by atoms with E-state index in [0.717, 1.165) is 13.1 Å². The van der Waals surface area contributed by atoms with Crippen LogP contribution in [-0.4, -0.2) is 37.0 Å². The van der Waals surface area contributed by atoms with E-state index in [9.17, 15) is 4.79 Å². The number of hydrogen-bond acceptors (Lipinski definition) is 4. The van der Waals surface area contributed by atoms with Crippen molar-refractivity contribution in [2.24, 2.45) is 0 Å². The lowest BCUT2D eigenvalue weighted by atomic mass is 10.3. The van der Waals surface area contributed by atoms with Gasteiger partial charge in [-0.15, -0.1) is 11.3 Å². The Balaban J connectivity index is 1.98. The number of nitrogens with zero attached hydrogens (tertiary/aromatic N) is 1. The molecule has 0 unspecified atom stereocenters. The van der Waals surface area contributed by atoms with Crippen LogP contribution in [0, 0.1) is 12.0 Å². The number of carbonyl (C=O) groups excluding carboxylic acids is 1. The third kappa shape index (κ3) is 2.99. The number of ketones is 1. The van der Waals surface area contributed by atoms with Gasteiger partial charge in [-0.05, 0) is 12.1 Å². The molecule has 1 aliphatic heterocycles. The first kappa shape index (κ1) is 11.5. The van der Waals surface area contributed by atoms with Gasteiger partial charge in [-0.25, -0.2) is 0 Å². The van der Waals surface area contributed by atoms with Gasteiger partial charge in [0.15, 0.2) is 0 Å². The Kier molecular flexibility index (Phi) is 3.83. The van der Waals surface area contributed by atoms with Gasteiger partial charge in [0.25, 0.3) is 0 Å². The summed E-state index contributed by atoms with van der Waals surface area (Å²) in [6.45, 7) is 2.86. The summed E-state index contributed by atoms with van der Waals surface area (Å²) in [5.41, 5.74) is 0. The zero-order valence-electron chi connectivity index (χ0n) is 8.53. The van der Waals surface area contributed by atoms with Gasteiger partial charge in [-0.1, -0.05) is 11.6 Å². The largest absolute Gasteiger partial charge is 0.378 e. The van der Waals surface area contributed by atoms with Crippen LogP contribution in [0.4, 0.5) is 0 Å². The molecule has 1 saturated heterocycles. The molecule has 0 atom stereocenters. The monoisotopic (exact) mass is 255 g/mol. The highest BCUT2D eigenvalue weighted by atomic mass is 35.5. The molecule has 0 spiro atoms. The van der Waals surface area contributed by atoms with E-state index in [4.69, 9.17) is 16.3 Å². The summed E-state index contributed by atoms with van der Waals surface area (Å²) in [6.07, 6.45) is 0. The highest BCUT2D eigenvalue weighted by molar-refractivity contribution is 7.18. The van der Waals surface area contributed by atoms with Crippen molar-refractivity contribution >= 4 is 28.7 Å². The van der Waals surface area contributed by atoms with Gasteiger partial charge in [0.1, 0.15) is 0 Å². The SMILES string of the molecule is O=C(C#CN1CCOCC1)c1ccc(Cl)s1. The number of hydrogen-bond donors (Lipinski definition) is 0. The van der Waals surface area contributed by atoms with Crippen molar-refractivity contribution in [3.05, 3.63) is 21.3 Å². The minimum absolute atomic E-state index is 0.177. The first-order valence-corrected chi connectivity index (χ1v) is 6.09. The van der Waals surface area contributed by atoms with Gasteiger partial charge in [0.2, 0.25) is 5.78 Å². The van der Waals surface area contributed by atoms with Crippen molar-refractivity contribution < 1.29 is 9.53 Å². The Labute approximate surface area is 103 Å². The Bertz CT molecular complexity index is 440. The van der Waals surface area contributed by atoms with Crippen molar-refractivity contribution in [3.63, 3.8) is 0 Å². The van der Waals surface area contributed by atoms with E-state index in [1.807, 2.05) is 4.90 Å². The average molecular weight is 256 g/mol. The standard InChI is InChI=1S/C11H10ClNO2S/c12-11-2-1-10(16-11)9(14)3-4-13-5-7-15-8-6-13/h1-2H,5-8H2. The molecule has 3 nitrogen and oxygen atoms in total. The molecular weight excluding hydrogens is 246 g/mol. The van der Waals surface area contributed by atoms with E-state index < -0.39 is 0 Å². The molecule has 1 aromatic heterocycles. The van der Waals surface area contributed by atoms with Crippen LogP contribution in [0.1, 0.15) is 9.67 Å². The highest BCUT2D eigenvalue weighted by Crippen LogP contribution is 2.21. The molecule has 0 amide bonds. The van der Waals surface area contributed by atoms with Crippen molar-refractivity contribution in [2.45, 2.75) is 0 Å². The van der Waals surface area contributed by atoms with Crippen LogP contribution in [0.2, 0.25) is 4.34 Å². The average Bonchev–Trinajstić information content (AvgIpc) is 2.74. The lowest BCUT2D eigenvalue weighted by Crippen LogP contribution is -2.32. The van der Waals surface area contributed by atoms with E-state index in [0.29, 0.717) is 22.4 Å². The maximum absolute atomic E-state index is 11.6. The Morgan fingerprint density at radius 1 is 1.44 bits per heavy atom. The minimum atomic E-state index is -0.177. The summed E-state index contributed by atoms with van der Waals surface area (Å²) < 4.78 is 5.79. The lowest BCUT2D eigenvalue weighted by molar-refractivity contribution is 0.0637. The quantitative estimate of drug-likeness (QED) is 0.567. The van der Waals surface area contributed by atoms with Crippen LogP contribution in [0.3, 0.4) is 0 Å². The first-order valence-electron chi connectivity index (χ1n) is 4.90. The fourth-order valence-electron chi connectivity index (χ4n) is 1.30. The summed E-state index contributed by atoms with van der Waals surface area (Å²) >= 11 is 7.00. The number of carbonyl (C=O) groups is 1. The molecule has 84 valence electrons. The molecule has 1 aromatic rings. The van der Waals surface area contributed by atoms with E-state index >= 15 is 0 Å². The van der Waals surface area contributed by atoms with Crippen molar-refractivity contribution in [1.29, 1.82) is 0 Å². The minimum Gasteiger partial charge on any atom is -0.378 e. The Morgan fingerprint density at radius 2 is 2.19 bits per heavy atom. The number of Topliss-reactive ketones (excluding diaryl/α,β-unsaturated/α-hetero) is 1. The predicted octanol–water partition coefficient (Wildman–Crippen LogP) is 1.88. The van der Waals surface area contributed by atoms with E-state index in [1.54, 1.807) is 12.1 Å². The normalized spacial score (nSPS) is 15.4. The number of thiophene rings is 1. The number of rotatable bonds is 1. The second kappa shape index (κ2) is 5.35. The smallest absolute Gasteiger partial charge is 0.247 e. The van der Waals surface area contributed by atoms with Crippen LogP contribution < -0.4 is 0 Å². The topological polar surface area (TPSA) is 29.5 Å². The first-order chi connectivity index (χ1) is 7.75. The number of morpholine rings is 1. The summed E-state index contributed by atoms with van der Waals surface area (Å²) in [7, 11) is 0. The molecule has 16 heavy (non-hydrogen) atoms. The Hall–Kier alpha value is -1.02. The fraction of sp³-hybridized carbons (Fsp3) is 0.364. The van der Waals surface area contributed by atoms with Crippen molar-refractivity contribution in [3.8, 4) is 12.0 Å². The molecule has 5 heteroatoms. The summed E-state index contributed by atoms with van der Waals surface area (Å²) in [6, 6.07) is 6.25. The van der Waals surface area contributed by atoms with Crippen molar-refractivity contribution in [2.75, 3.05) is 26.3 Å². The molecule has 2 heterocycles. The van der Waals surface area contributed by atoms with Gasteiger partial charge in [-0.2, -0.15) is 0 Å². The molecule has 2 rings (SSSR count). The third-order valence-electron chi connectivity index (χ3n) is 2.14. The van der Waals surface area contributed by atoms with Gasteiger partial charge in [-0.3, -0.25) is 4.79 Å². The van der Waals surface area contributed by atoms with E-state index in [-0.39, 0.29) is 5.78 Å². The van der Waals surface area contributed by atoms with Crippen LogP contribution in [0.15, 0.2) is 12.1 Å². The van der Waals surface area contributed by atoms with Gasteiger partial charge < -0.3 is 9.64 Å². The molecule has 0 bridgehead atoms. The molecule has 0 N–H and O–H groups in total. The van der Waals surface area contributed by atoms with Crippen molar-refractivity contribution in [1.82, 2.24) is 4.90 Å². The molecule has 0 aromatic carbocycles. The summed E-state index contributed by atoms with van der Waals surface area (Å²) in [5, 5.41) is 0. The van der Waals surface area contributed by atoms with Crippen LogP contribution in [-0.2, 0) is 4.74 Å². The van der Waals surface area contributed by atoms with Gasteiger partial charge >= 0.3 is 0 Å². The number of ether oxygens (including phenoxy) is 1.